The van der Waals surface area contributed by atoms with Gasteiger partial charge >= 0.3 is 0 Å². The van der Waals surface area contributed by atoms with Gasteiger partial charge < -0.3 is 4.43 Å². The molecule has 1 nitrogen and oxygen atoms in total. The van der Waals surface area contributed by atoms with Crippen molar-refractivity contribution in [1.29, 1.82) is 0 Å². The summed E-state index contributed by atoms with van der Waals surface area (Å²) in [7, 11) is -1.46. The predicted octanol–water partition coefficient (Wildman–Crippen LogP) is 4.10. The first-order valence-corrected chi connectivity index (χ1v) is 7.68. The second-order valence-electron chi connectivity index (χ2n) is 3.24. The zero-order chi connectivity index (χ0) is 10.3. The lowest BCUT2D eigenvalue weighted by Crippen LogP contribution is -2.35. The van der Waals surface area contributed by atoms with Crippen LogP contribution in [0.25, 0.3) is 0 Å². The van der Waals surface area contributed by atoms with Gasteiger partial charge in [0.05, 0.1) is 5.76 Å². The van der Waals surface area contributed by atoms with E-state index in [4.69, 9.17) is 4.43 Å². The minimum atomic E-state index is -1.46. The van der Waals surface area contributed by atoms with Gasteiger partial charge in [-0.25, -0.2) is 0 Å². The van der Waals surface area contributed by atoms with Crippen LogP contribution >= 0.6 is 0 Å². The Balaban J connectivity index is 4.49. The molecule has 0 aromatic carbocycles. The van der Waals surface area contributed by atoms with Crippen molar-refractivity contribution in [2.45, 2.75) is 45.8 Å². The molecular weight excluding hydrogens is 176 g/mol. The van der Waals surface area contributed by atoms with Crippen LogP contribution in [-0.4, -0.2) is 8.32 Å². The summed E-state index contributed by atoms with van der Waals surface area (Å²) >= 11 is 0. The predicted molar refractivity (Wildman–Crippen MR) is 62.2 cm³/mol. The maximum Gasteiger partial charge on any atom is 0.250 e. The van der Waals surface area contributed by atoms with Crippen LogP contribution in [0.5, 0.6) is 0 Å². The van der Waals surface area contributed by atoms with Crippen molar-refractivity contribution in [3.63, 3.8) is 0 Å². The minimum absolute atomic E-state index is 0.956. The van der Waals surface area contributed by atoms with E-state index in [9.17, 15) is 0 Å². The standard InChI is InChI=1S/C11H22OSi/c1-6-11(7-2)12-13(8-3,9-4)10-5/h6-7H,1,8-10H2,2-5H3. The van der Waals surface area contributed by atoms with Crippen LogP contribution in [0.1, 0.15) is 27.7 Å². The summed E-state index contributed by atoms with van der Waals surface area (Å²) in [4.78, 5) is 0. The lowest BCUT2D eigenvalue weighted by atomic mass is 10.5. The maximum absolute atomic E-state index is 6.07. The Morgan fingerprint density at radius 1 is 1.23 bits per heavy atom. The van der Waals surface area contributed by atoms with Crippen molar-refractivity contribution < 1.29 is 4.43 Å². The second kappa shape index (κ2) is 6.03. The van der Waals surface area contributed by atoms with Gasteiger partial charge in [0.15, 0.2) is 0 Å². The Morgan fingerprint density at radius 3 is 1.92 bits per heavy atom. The molecule has 13 heavy (non-hydrogen) atoms. The molecule has 0 aromatic heterocycles. The molecule has 0 heterocycles. The van der Waals surface area contributed by atoms with Crippen LogP contribution < -0.4 is 0 Å². The Labute approximate surface area is 83.6 Å². The molecule has 0 N–H and O–H groups in total. The summed E-state index contributed by atoms with van der Waals surface area (Å²) in [6.45, 7) is 12.4. The van der Waals surface area contributed by atoms with Gasteiger partial charge in [-0.05, 0) is 37.2 Å². The fraction of sp³-hybridized carbons (Fsp3) is 0.636. The first-order chi connectivity index (χ1) is 6.17. The Kier molecular flexibility index (Phi) is 5.79. The SMILES string of the molecule is C=CC(=CC)O[Si](CC)(CC)CC. The van der Waals surface area contributed by atoms with Gasteiger partial charge in [0.2, 0.25) is 8.32 Å². The van der Waals surface area contributed by atoms with Crippen LogP contribution in [0.2, 0.25) is 18.1 Å². The summed E-state index contributed by atoms with van der Waals surface area (Å²) in [5.41, 5.74) is 0. The van der Waals surface area contributed by atoms with Gasteiger partial charge in [-0.3, -0.25) is 0 Å². The molecule has 76 valence electrons. The molecule has 0 aliphatic heterocycles. The van der Waals surface area contributed by atoms with Crippen molar-refractivity contribution >= 4 is 8.32 Å². The topological polar surface area (TPSA) is 9.23 Å². The third-order valence-corrected chi connectivity index (χ3v) is 7.29. The molecule has 0 saturated heterocycles. The van der Waals surface area contributed by atoms with E-state index in [1.54, 1.807) is 0 Å². The normalized spacial score (nSPS) is 12.8. The van der Waals surface area contributed by atoms with Gasteiger partial charge in [0.1, 0.15) is 0 Å². The first kappa shape index (κ1) is 12.5. The fourth-order valence-electron chi connectivity index (χ4n) is 1.43. The molecule has 0 rings (SSSR count). The van der Waals surface area contributed by atoms with Gasteiger partial charge in [-0.15, -0.1) is 0 Å². The number of hydrogen-bond acceptors (Lipinski definition) is 1. The van der Waals surface area contributed by atoms with Crippen molar-refractivity contribution in [1.82, 2.24) is 0 Å². The molecule has 0 atom stereocenters. The maximum atomic E-state index is 6.07. The molecule has 0 radical (unpaired) electrons. The van der Waals surface area contributed by atoms with E-state index in [0.717, 1.165) is 5.76 Å². The van der Waals surface area contributed by atoms with Crippen molar-refractivity contribution in [3.05, 3.63) is 24.5 Å². The van der Waals surface area contributed by atoms with Gasteiger partial charge in [0, 0.05) is 0 Å². The smallest absolute Gasteiger partial charge is 0.250 e. The summed E-state index contributed by atoms with van der Waals surface area (Å²) in [6, 6.07) is 3.56. The van der Waals surface area contributed by atoms with Crippen molar-refractivity contribution in [2.24, 2.45) is 0 Å². The van der Waals surface area contributed by atoms with E-state index in [2.05, 4.69) is 27.4 Å². The minimum Gasteiger partial charge on any atom is -0.544 e. The number of hydrogen-bond donors (Lipinski definition) is 0. The second-order valence-corrected chi connectivity index (χ2v) is 7.93. The van der Waals surface area contributed by atoms with Crippen LogP contribution in [0.4, 0.5) is 0 Å². The third-order valence-electron chi connectivity index (χ3n) is 2.75. The molecule has 0 fully saturated rings. The number of rotatable bonds is 6. The molecule has 0 aromatic rings. The van der Waals surface area contributed by atoms with Crippen LogP contribution in [0, 0.1) is 0 Å². The zero-order valence-electron chi connectivity index (χ0n) is 9.39. The Bertz CT molecular complexity index is 172. The van der Waals surface area contributed by atoms with E-state index in [0.29, 0.717) is 0 Å². The molecule has 0 aliphatic rings. The summed E-state index contributed by atoms with van der Waals surface area (Å²) < 4.78 is 6.07. The average Bonchev–Trinajstić information content (AvgIpc) is 2.21. The third kappa shape index (κ3) is 3.39. The lowest BCUT2D eigenvalue weighted by molar-refractivity contribution is 0.422. The highest BCUT2D eigenvalue weighted by Gasteiger charge is 2.30. The Hall–Kier alpha value is -0.503. The van der Waals surface area contributed by atoms with Gasteiger partial charge in [-0.1, -0.05) is 27.4 Å². The summed E-state index contributed by atoms with van der Waals surface area (Å²) in [5, 5.41) is 0. The highest BCUT2D eigenvalue weighted by molar-refractivity contribution is 6.73. The highest BCUT2D eigenvalue weighted by Crippen LogP contribution is 2.24. The molecule has 0 bridgehead atoms. The van der Waals surface area contributed by atoms with E-state index in [-0.39, 0.29) is 0 Å². The Morgan fingerprint density at radius 2 is 1.69 bits per heavy atom. The monoisotopic (exact) mass is 198 g/mol. The molecule has 0 unspecified atom stereocenters. The first-order valence-electron chi connectivity index (χ1n) is 5.15. The number of allylic oxidation sites excluding steroid dienone is 2. The van der Waals surface area contributed by atoms with Crippen LogP contribution in [-0.2, 0) is 4.43 Å². The summed E-state index contributed by atoms with van der Waals surface area (Å²) in [6.07, 6.45) is 3.80. The zero-order valence-corrected chi connectivity index (χ0v) is 10.4. The van der Waals surface area contributed by atoms with E-state index < -0.39 is 8.32 Å². The molecule has 2 heteroatoms. The van der Waals surface area contributed by atoms with Crippen LogP contribution in [0.15, 0.2) is 24.5 Å². The van der Waals surface area contributed by atoms with E-state index >= 15 is 0 Å². The van der Waals surface area contributed by atoms with E-state index in [1.165, 1.54) is 18.1 Å². The fourth-order valence-corrected chi connectivity index (χ4v) is 4.07. The molecular formula is C11H22OSi. The van der Waals surface area contributed by atoms with Crippen molar-refractivity contribution in [2.75, 3.05) is 0 Å². The molecule has 0 aliphatic carbocycles. The van der Waals surface area contributed by atoms with E-state index in [1.807, 2.05) is 19.1 Å². The lowest BCUT2D eigenvalue weighted by Gasteiger charge is -2.29. The van der Waals surface area contributed by atoms with Gasteiger partial charge in [-0.2, -0.15) is 0 Å². The quantitative estimate of drug-likeness (QED) is 0.355. The average molecular weight is 198 g/mol. The van der Waals surface area contributed by atoms with Crippen LogP contribution in [0.3, 0.4) is 0 Å². The molecule has 0 spiro atoms. The molecule has 0 amide bonds. The highest BCUT2D eigenvalue weighted by atomic mass is 28.4. The van der Waals surface area contributed by atoms with Gasteiger partial charge in [0.25, 0.3) is 0 Å². The molecule has 0 saturated carbocycles. The largest absolute Gasteiger partial charge is 0.544 e. The van der Waals surface area contributed by atoms with Crippen molar-refractivity contribution in [3.8, 4) is 0 Å². The summed E-state index contributed by atoms with van der Waals surface area (Å²) in [5.74, 6) is 0.956.